The number of aryl methyl sites for hydroxylation is 1. The lowest BCUT2D eigenvalue weighted by Crippen LogP contribution is -2.05. The van der Waals surface area contributed by atoms with E-state index in [2.05, 4.69) is 21.4 Å². The fourth-order valence-corrected chi connectivity index (χ4v) is 1.36. The van der Waals surface area contributed by atoms with Crippen LogP contribution in [0.2, 0.25) is 0 Å². The molecule has 0 amide bonds. The summed E-state index contributed by atoms with van der Waals surface area (Å²) >= 11 is 0. The van der Waals surface area contributed by atoms with Crippen LogP contribution < -0.4 is 5.32 Å². The summed E-state index contributed by atoms with van der Waals surface area (Å²) in [5, 5.41) is 3.08. The number of pyridine rings is 1. The first kappa shape index (κ1) is 8.19. The van der Waals surface area contributed by atoms with E-state index in [1.165, 1.54) is 0 Å². The molecule has 0 aromatic carbocycles. The van der Waals surface area contributed by atoms with Gasteiger partial charge in [-0.15, -0.1) is 0 Å². The van der Waals surface area contributed by atoms with Gasteiger partial charge in [-0.25, -0.2) is 9.97 Å². The second-order valence-electron chi connectivity index (χ2n) is 3.07. The second-order valence-corrected chi connectivity index (χ2v) is 3.07. The number of hydrogen-bond donors (Lipinski definition) is 1. The first-order valence-electron chi connectivity index (χ1n) is 4.22. The number of fused-ring (bicyclic) bond motifs is 1. The molecular formula is C9H12N4. The third kappa shape index (κ3) is 1.40. The lowest BCUT2D eigenvalue weighted by molar-refractivity contribution is 0.814. The molecular weight excluding hydrogens is 164 g/mol. The van der Waals surface area contributed by atoms with Crippen molar-refractivity contribution < 1.29 is 0 Å². The molecule has 0 bridgehead atoms. The highest BCUT2D eigenvalue weighted by Gasteiger charge is 2.01. The van der Waals surface area contributed by atoms with Crippen LogP contribution in [0.15, 0.2) is 18.6 Å². The molecule has 4 nitrogen and oxygen atoms in total. The number of aromatic nitrogens is 3. The molecule has 0 spiro atoms. The van der Waals surface area contributed by atoms with Crippen LogP contribution in [0.5, 0.6) is 0 Å². The largest absolute Gasteiger partial charge is 0.318 e. The quantitative estimate of drug-likeness (QED) is 0.732. The van der Waals surface area contributed by atoms with Gasteiger partial charge in [0.05, 0.1) is 6.33 Å². The Morgan fingerprint density at radius 1 is 1.46 bits per heavy atom. The van der Waals surface area contributed by atoms with Gasteiger partial charge in [-0.1, -0.05) is 0 Å². The number of hydrogen-bond acceptors (Lipinski definition) is 3. The highest BCUT2D eigenvalue weighted by molar-refractivity contribution is 5.70. The molecule has 0 aliphatic heterocycles. The predicted octanol–water partition coefficient (Wildman–Crippen LogP) is 0.688. The molecule has 2 aromatic rings. The van der Waals surface area contributed by atoms with E-state index >= 15 is 0 Å². The average Bonchev–Trinajstić information content (AvgIpc) is 2.48. The maximum absolute atomic E-state index is 4.32. The van der Waals surface area contributed by atoms with Gasteiger partial charge >= 0.3 is 0 Å². The van der Waals surface area contributed by atoms with E-state index in [0.29, 0.717) is 0 Å². The maximum atomic E-state index is 4.32. The average molecular weight is 176 g/mol. The van der Waals surface area contributed by atoms with Crippen LogP contribution >= 0.6 is 0 Å². The zero-order valence-electron chi connectivity index (χ0n) is 7.78. The van der Waals surface area contributed by atoms with Crippen LogP contribution in [0.25, 0.3) is 11.2 Å². The Hall–Kier alpha value is -1.42. The molecule has 68 valence electrons. The van der Waals surface area contributed by atoms with Crippen LogP contribution in [0.1, 0.15) is 5.56 Å². The monoisotopic (exact) mass is 176 g/mol. The molecule has 0 saturated heterocycles. The molecule has 13 heavy (non-hydrogen) atoms. The van der Waals surface area contributed by atoms with Crippen molar-refractivity contribution in [2.45, 2.75) is 6.54 Å². The van der Waals surface area contributed by atoms with Crippen molar-refractivity contribution in [2.75, 3.05) is 7.05 Å². The normalized spacial score (nSPS) is 10.9. The van der Waals surface area contributed by atoms with E-state index < -0.39 is 0 Å². The molecule has 0 atom stereocenters. The Kier molecular flexibility index (Phi) is 1.98. The molecule has 0 saturated carbocycles. The van der Waals surface area contributed by atoms with Crippen molar-refractivity contribution in [3.8, 4) is 0 Å². The van der Waals surface area contributed by atoms with Crippen LogP contribution in [0.3, 0.4) is 0 Å². The van der Waals surface area contributed by atoms with Crippen molar-refractivity contribution in [1.29, 1.82) is 0 Å². The Labute approximate surface area is 76.6 Å². The van der Waals surface area contributed by atoms with E-state index in [-0.39, 0.29) is 0 Å². The highest BCUT2D eigenvalue weighted by Crippen LogP contribution is 2.09. The van der Waals surface area contributed by atoms with Gasteiger partial charge in [-0.05, 0) is 18.7 Å². The van der Waals surface area contributed by atoms with Crippen LogP contribution in [0.4, 0.5) is 0 Å². The minimum atomic E-state index is 0.833. The van der Waals surface area contributed by atoms with Crippen molar-refractivity contribution in [1.82, 2.24) is 19.9 Å². The van der Waals surface area contributed by atoms with Gasteiger partial charge in [-0.3, -0.25) is 0 Å². The first-order valence-corrected chi connectivity index (χ1v) is 4.22. The lowest BCUT2D eigenvalue weighted by Gasteiger charge is -1.98. The van der Waals surface area contributed by atoms with Gasteiger partial charge in [0.2, 0.25) is 0 Å². The smallest absolute Gasteiger partial charge is 0.159 e. The Bertz CT molecular complexity index is 418. The Balaban J connectivity index is 2.50. The summed E-state index contributed by atoms with van der Waals surface area (Å²) < 4.78 is 1.92. The number of nitrogens with one attached hydrogen (secondary N) is 1. The summed E-state index contributed by atoms with van der Waals surface area (Å²) in [5.41, 5.74) is 3.05. The summed E-state index contributed by atoms with van der Waals surface area (Å²) in [4.78, 5) is 8.55. The van der Waals surface area contributed by atoms with Crippen LogP contribution in [-0.4, -0.2) is 21.6 Å². The number of nitrogens with zero attached hydrogens (tertiary/aromatic N) is 3. The van der Waals surface area contributed by atoms with Crippen molar-refractivity contribution in [3.63, 3.8) is 0 Å². The van der Waals surface area contributed by atoms with Gasteiger partial charge in [0.15, 0.2) is 5.65 Å². The Morgan fingerprint density at radius 3 is 3.08 bits per heavy atom. The van der Waals surface area contributed by atoms with Crippen molar-refractivity contribution >= 4 is 11.2 Å². The molecule has 0 radical (unpaired) electrons. The lowest BCUT2D eigenvalue weighted by atomic mass is 10.3. The molecule has 0 aliphatic carbocycles. The highest BCUT2D eigenvalue weighted by atomic mass is 15.1. The molecule has 2 heterocycles. The predicted molar refractivity (Wildman–Crippen MR) is 51.3 cm³/mol. The third-order valence-electron chi connectivity index (χ3n) is 1.99. The number of imidazole rings is 1. The molecule has 2 aromatic heterocycles. The van der Waals surface area contributed by atoms with Crippen LogP contribution in [-0.2, 0) is 13.6 Å². The first-order chi connectivity index (χ1) is 6.31. The van der Waals surface area contributed by atoms with Gasteiger partial charge in [-0.2, -0.15) is 0 Å². The van der Waals surface area contributed by atoms with Crippen LogP contribution in [0, 0.1) is 0 Å². The standard InChI is InChI=1S/C9H12N4/c1-10-4-7-3-8-9(11-5-7)13(2)6-12-8/h3,5-6,10H,4H2,1-2H3. The van der Waals surface area contributed by atoms with E-state index in [0.717, 1.165) is 23.3 Å². The SMILES string of the molecule is CNCc1cnc2c(c1)ncn2C. The molecule has 0 unspecified atom stereocenters. The van der Waals surface area contributed by atoms with Gasteiger partial charge in [0.25, 0.3) is 0 Å². The summed E-state index contributed by atoms with van der Waals surface area (Å²) in [5.74, 6) is 0. The molecule has 1 N–H and O–H groups in total. The van der Waals surface area contributed by atoms with E-state index in [1.54, 1.807) is 6.33 Å². The third-order valence-corrected chi connectivity index (χ3v) is 1.99. The topological polar surface area (TPSA) is 42.7 Å². The summed E-state index contributed by atoms with van der Waals surface area (Å²) in [7, 11) is 3.86. The van der Waals surface area contributed by atoms with Gasteiger partial charge in [0.1, 0.15) is 5.52 Å². The van der Waals surface area contributed by atoms with E-state index in [9.17, 15) is 0 Å². The zero-order valence-corrected chi connectivity index (χ0v) is 7.78. The summed E-state index contributed by atoms with van der Waals surface area (Å²) in [6, 6.07) is 2.05. The minimum absolute atomic E-state index is 0.833. The summed E-state index contributed by atoms with van der Waals surface area (Å²) in [6.45, 7) is 0.833. The van der Waals surface area contributed by atoms with Crippen molar-refractivity contribution in [2.24, 2.45) is 7.05 Å². The molecule has 0 aliphatic rings. The fourth-order valence-electron chi connectivity index (χ4n) is 1.36. The zero-order chi connectivity index (χ0) is 9.26. The van der Waals surface area contributed by atoms with Gasteiger partial charge < -0.3 is 9.88 Å². The van der Waals surface area contributed by atoms with Gasteiger partial charge in [0, 0.05) is 19.8 Å². The fraction of sp³-hybridized carbons (Fsp3) is 0.333. The van der Waals surface area contributed by atoms with E-state index in [4.69, 9.17) is 0 Å². The second kappa shape index (κ2) is 3.14. The van der Waals surface area contributed by atoms with E-state index in [1.807, 2.05) is 24.9 Å². The molecule has 0 fully saturated rings. The molecule has 4 heteroatoms. The summed E-state index contributed by atoms with van der Waals surface area (Å²) in [6.07, 6.45) is 3.65. The minimum Gasteiger partial charge on any atom is -0.318 e. The van der Waals surface area contributed by atoms with Crippen molar-refractivity contribution in [3.05, 3.63) is 24.2 Å². The molecule has 2 rings (SSSR count). The number of rotatable bonds is 2. The Morgan fingerprint density at radius 2 is 2.31 bits per heavy atom. The maximum Gasteiger partial charge on any atom is 0.159 e.